The van der Waals surface area contributed by atoms with E-state index in [4.69, 9.17) is 14.5 Å². The van der Waals surface area contributed by atoms with Crippen molar-refractivity contribution >= 4 is 23.5 Å². The van der Waals surface area contributed by atoms with Gasteiger partial charge in [0.15, 0.2) is 5.82 Å². The third-order valence-electron chi connectivity index (χ3n) is 6.21. The number of carbonyl (C=O) groups excluding carboxylic acids is 1. The molecule has 202 valence electrons. The number of carbonyl (C=O) groups is 1. The molecule has 0 radical (unpaired) electrons. The standard InChI is InChI=1S/C26H35N9O3/c1-16(2)13-34-14-18(12-28-34)20-11-24-27-8-9-35(24)25(30-20)31-23-10-21(32-33-23)22-7-5-6-19(15-37-22)38-26(36)29-17(3)4/h8-12,14,16-17,19,22H,5-7,13,15H2,1-4H3,(H,29,36)(H2,30,31,32,33)/t19-,22-/m0/s1. The van der Waals surface area contributed by atoms with Gasteiger partial charge >= 0.3 is 6.09 Å². The van der Waals surface area contributed by atoms with Gasteiger partial charge in [-0.1, -0.05) is 13.8 Å². The van der Waals surface area contributed by atoms with Crippen molar-refractivity contribution in [2.45, 2.75) is 71.8 Å². The topological polar surface area (TPSA) is 136 Å². The van der Waals surface area contributed by atoms with Crippen LogP contribution in [0.15, 0.2) is 36.9 Å². The van der Waals surface area contributed by atoms with Gasteiger partial charge in [0.25, 0.3) is 0 Å². The number of amides is 1. The zero-order chi connectivity index (χ0) is 26.6. The predicted molar refractivity (Wildman–Crippen MR) is 142 cm³/mol. The summed E-state index contributed by atoms with van der Waals surface area (Å²) in [6.07, 6.45) is 9.00. The van der Waals surface area contributed by atoms with Crippen molar-refractivity contribution in [2.24, 2.45) is 5.92 Å². The Labute approximate surface area is 221 Å². The molecule has 12 nitrogen and oxygen atoms in total. The van der Waals surface area contributed by atoms with Crippen molar-refractivity contribution in [2.75, 3.05) is 11.9 Å². The average molecular weight is 522 g/mol. The van der Waals surface area contributed by atoms with Crippen LogP contribution >= 0.6 is 0 Å². The zero-order valence-electron chi connectivity index (χ0n) is 22.2. The van der Waals surface area contributed by atoms with Crippen molar-refractivity contribution in [1.82, 2.24) is 39.7 Å². The lowest BCUT2D eigenvalue weighted by atomic mass is 10.1. The lowest BCUT2D eigenvalue weighted by Gasteiger charge is -2.18. The second-order valence-corrected chi connectivity index (χ2v) is 10.4. The molecular formula is C26H35N9O3. The fourth-order valence-corrected chi connectivity index (χ4v) is 4.49. The number of nitrogens with zero attached hydrogens (tertiary/aromatic N) is 6. The number of anilines is 2. The summed E-state index contributed by atoms with van der Waals surface area (Å²) in [5, 5.41) is 18.1. The number of nitrogens with one attached hydrogen (secondary N) is 3. The Kier molecular flexibility index (Phi) is 7.59. The van der Waals surface area contributed by atoms with Gasteiger partial charge in [-0.3, -0.25) is 14.2 Å². The maximum Gasteiger partial charge on any atom is 0.407 e. The van der Waals surface area contributed by atoms with Crippen molar-refractivity contribution in [1.29, 1.82) is 0 Å². The van der Waals surface area contributed by atoms with Gasteiger partial charge in [-0.15, -0.1) is 0 Å². The molecule has 0 aromatic carbocycles. The minimum absolute atomic E-state index is 0.0270. The Morgan fingerprint density at radius 1 is 1.26 bits per heavy atom. The number of aromatic amines is 1. The first-order valence-electron chi connectivity index (χ1n) is 13.1. The Balaban J connectivity index is 1.28. The Morgan fingerprint density at radius 3 is 2.95 bits per heavy atom. The number of rotatable bonds is 8. The van der Waals surface area contributed by atoms with E-state index in [0.29, 0.717) is 24.3 Å². The maximum atomic E-state index is 12.0. The summed E-state index contributed by atoms with van der Waals surface area (Å²) in [7, 11) is 0. The van der Waals surface area contributed by atoms with E-state index in [1.807, 2.05) is 53.7 Å². The summed E-state index contributed by atoms with van der Waals surface area (Å²) in [6, 6.07) is 3.89. The number of hydrogen-bond acceptors (Lipinski definition) is 8. The fourth-order valence-electron chi connectivity index (χ4n) is 4.49. The van der Waals surface area contributed by atoms with E-state index in [-0.39, 0.29) is 18.2 Å². The molecule has 2 atom stereocenters. The molecule has 0 unspecified atom stereocenters. The van der Waals surface area contributed by atoms with Gasteiger partial charge in [-0.2, -0.15) is 10.2 Å². The molecule has 0 aliphatic carbocycles. The Bertz CT molecular complexity index is 1370. The summed E-state index contributed by atoms with van der Waals surface area (Å²) in [5.74, 6) is 1.71. The molecule has 1 aliphatic rings. The highest BCUT2D eigenvalue weighted by atomic mass is 16.6. The zero-order valence-corrected chi connectivity index (χ0v) is 22.2. The second kappa shape index (κ2) is 11.2. The highest BCUT2D eigenvalue weighted by Crippen LogP contribution is 2.29. The lowest BCUT2D eigenvalue weighted by molar-refractivity contribution is -0.00660. The molecule has 1 aliphatic heterocycles. The van der Waals surface area contributed by atoms with E-state index in [9.17, 15) is 4.79 Å². The molecule has 4 aromatic rings. The van der Waals surface area contributed by atoms with Crippen LogP contribution in [0.4, 0.5) is 16.6 Å². The largest absolute Gasteiger partial charge is 0.444 e. The average Bonchev–Trinajstić information content (AvgIpc) is 3.58. The van der Waals surface area contributed by atoms with Crippen LogP contribution in [0.1, 0.15) is 58.8 Å². The van der Waals surface area contributed by atoms with Gasteiger partial charge in [0.05, 0.1) is 30.3 Å². The van der Waals surface area contributed by atoms with E-state index < -0.39 is 6.09 Å². The smallest absolute Gasteiger partial charge is 0.407 e. The predicted octanol–water partition coefficient (Wildman–Crippen LogP) is 4.46. The van der Waals surface area contributed by atoms with Gasteiger partial charge in [-0.05, 0) is 39.0 Å². The number of fused-ring (bicyclic) bond motifs is 1. The van der Waals surface area contributed by atoms with Crippen molar-refractivity contribution < 1.29 is 14.3 Å². The number of imidazole rings is 1. The minimum Gasteiger partial charge on any atom is -0.444 e. The normalized spacial score (nSPS) is 18.2. The van der Waals surface area contributed by atoms with Crippen molar-refractivity contribution in [3.8, 4) is 11.3 Å². The Morgan fingerprint density at radius 2 is 2.13 bits per heavy atom. The first-order valence-corrected chi connectivity index (χ1v) is 13.1. The monoisotopic (exact) mass is 521 g/mol. The van der Waals surface area contributed by atoms with Crippen LogP contribution in [-0.4, -0.2) is 59.2 Å². The molecule has 1 saturated heterocycles. The van der Waals surface area contributed by atoms with E-state index >= 15 is 0 Å². The van der Waals surface area contributed by atoms with Crippen LogP contribution in [-0.2, 0) is 16.0 Å². The molecule has 0 spiro atoms. The van der Waals surface area contributed by atoms with Crippen LogP contribution in [0.5, 0.6) is 0 Å². The molecule has 4 aromatic heterocycles. The van der Waals surface area contributed by atoms with Crippen LogP contribution in [0.3, 0.4) is 0 Å². The number of H-pyrrole nitrogens is 1. The number of hydrogen-bond donors (Lipinski definition) is 3. The summed E-state index contributed by atoms with van der Waals surface area (Å²) in [6.45, 7) is 9.30. The van der Waals surface area contributed by atoms with Crippen molar-refractivity contribution in [3.05, 3.63) is 42.6 Å². The molecule has 1 amide bonds. The molecule has 5 rings (SSSR count). The van der Waals surface area contributed by atoms with E-state index in [1.165, 1.54) is 0 Å². The second-order valence-electron chi connectivity index (χ2n) is 10.4. The molecule has 12 heteroatoms. The first kappa shape index (κ1) is 25.7. The lowest BCUT2D eigenvalue weighted by Crippen LogP contribution is -2.35. The maximum absolute atomic E-state index is 12.0. The van der Waals surface area contributed by atoms with Gasteiger partial charge in [0, 0.05) is 48.9 Å². The van der Waals surface area contributed by atoms with E-state index in [0.717, 1.165) is 48.4 Å². The third kappa shape index (κ3) is 6.13. The first-order chi connectivity index (χ1) is 18.3. The highest BCUT2D eigenvalue weighted by molar-refractivity contribution is 5.68. The van der Waals surface area contributed by atoms with Gasteiger partial charge in [0.2, 0.25) is 5.95 Å². The fraction of sp³-hybridized carbons (Fsp3) is 0.500. The Hall–Kier alpha value is -3.93. The quantitative estimate of drug-likeness (QED) is 0.309. The molecule has 3 N–H and O–H groups in total. The number of ether oxygens (including phenoxy) is 2. The molecule has 38 heavy (non-hydrogen) atoms. The van der Waals surface area contributed by atoms with Crippen LogP contribution in [0.25, 0.3) is 16.9 Å². The molecule has 0 saturated carbocycles. The third-order valence-corrected chi connectivity index (χ3v) is 6.21. The SMILES string of the molecule is CC(C)Cn1cc(-c2cc3nccn3c(Nc3cc([C@@H]4CCC[C@H](OC(=O)NC(C)C)CO4)[nH]n3)n2)cn1. The summed E-state index contributed by atoms with van der Waals surface area (Å²) < 4.78 is 15.4. The van der Waals surface area contributed by atoms with Crippen LogP contribution < -0.4 is 10.6 Å². The highest BCUT2D eigenvalue weighted by Gasteiger charge is 2.25. The summed E-state index contributed by atoms with van der Waals surface area (Å²) in [4.78, 5) is 21.3. The molecule has 1 fully saturated rings. The number of alkyl carbamates (subject to hydrolysis) is 1. The van der Waals surface area contributed by atoms with Gasteiger partial charge < -0.3 is 20.1 Å². The minimum atomic E-state index is -0.409. The number of aromatic nitrogens is 7. The molecule has 0 bridgehead atoms. The summed E-state index contributed by atoms with van der Waals surface area (Å²) in [5.41, 5.74) is 3.32. The van der Waals surface area contributed by atoms with Gasteiger partial charge in [-0.25, -0.2) is 14.8 Å². The van der Waals surface area contributed by atoms with Crippen LogP contribution in [0.2, 0.25) is 0 Å². The van der Waals surface area contributed by atoms with Gasteiger partial charge in [0.1, 0.15) is 11.8 Å². The van der Waals surface area contributed by atoms with E-state index in [2.05, 4.69) is 44.8 Å². The molecule has 5 heterocycles. The summed E-state index contributed by atoms with van der Waals surface area (Å²) >= 11 is 0. The van der Waals surface area contributed by atoms with Crippen LogP contribution in [0, 0.1) is 5.92 Å². The van der Waals surface area contributed by atoms with E-state index in [1.54, 1.807) is 6.20 Å². The van der Waals surface area contributed by atoms with Crippen molar-refractivity contribution in [3.63, 3.8) is 0 Å². The molecular weight excluding hydrogens is 486 g/mol.